The Balaban J connectivity index is 2.38. The van der Waals surface area contributed by atoms with Crippen molar-refractivity contribution in [3.8, 4) is 0 Å². The molecule has 1 atom stereocenters. The number of carbonyl (C=O) groups is 2. The van der Waals surface area contributed by atoms with Gasteiger partial charge >= 0.3 is 5.97 Å². The van der Waals surface area contributed by atoms with Crippen molar-refractivity contribution in [2.75, 3.05) is 5.75 Å². The minimum atomic E-state index is -0.984. The number of hydrogen-bond acceptors (Lipinski definition) is 3. The third kappa shape index (κ3) is 5.25. The van der Waals surface area contributed by atoms with Crippen molar-refractivity contribution in [2.24, 2.45) is 0 Å². The summed E-state index contributed by atoms with van der Waals surface area (Å²) in [5.41, 5.74) is 2.48. The monoisotopic (exact) mass is 295 g/mol. The number of rotatable bonds is 7. The number of carboxylic acids is 1. The highest BCUT2D eigenvalue weighted by molar-refractivity contribution is 7.99. The second-order valence-corrected chi connectivity index (χ2v) is 5.88. The molecule has 0 aliphatic rings. The van der Waals surface area contributed by atoms with Crippen LogP contribution in [0.5, 0.6) is 0 Å². The molecule has 1 aromatic carbocycles. The lowest BCUT2D eigenvalue weighted by Gasteiger charge is -2.12. The second-order valence-electron chi connectivity index (χ2n) is 4.71. The van der Waals surface area contributed by atoms with Crippen LogP contribution in [0.25, 0.3) is 0 Å². The van der Waals surface area contributed by atoms with Gasteiger partial charge in [-0.05, 0) is 43.5 Å². The van der Waals surface area contributed by atoms with E-state index in [4.69, 9.17) is 5.11 Å². The first-order valence-corrected chi connectivity index (χ1v) is 7.64. The van der Waals surface area contributed by atoms with Gasteiger partial charge in [-0.1, -0.05) is 13.0 Å². The lowest BCUT2D eigenvalue weighted by molar-refractivity contribution is -0.141. The molecule has 1 rings (SSSR count). The average Bonchev–Trinajstić information content (AvgIpc) is 2.39. The molecule has 20 heavy (non-hydrogen) atoms. The molecule has 0 saturated carbocycles. The molecule has 0 radical (unpaired) electrons. The van der Waals surface area contributed by atoms with Crippen LogP contribution in [0.3, 0.4) is 0 Å². The van der Waals surface area contributed by atoms with Crippen LogP contribution in [0.1, 0.15) is 30.9 Å². The summed E-state index contributed by atoms with van der Waals surface area (Å²) in [6, 6.07) is 5.42. The number of benzene rings is 1. The first-order valence-electron chi connectivity index (χ1n) is 6.66. The third-order valence-corrected chi connectivity index (χ3v) is 4.11. The molecule has 0 saturated heterocycles. The van der Waals surface area contributed by atoms with E-state index in [1.54, 1.807) is 18.7 Å². The van der Waals surface area contributed by atoms with Crippen molar-refractivity contribution in [1.82, 2.24) is 5.32 Å². The standard InChI is InChI=1S/C15H21NO3S/c1-4-13(15(18)19)16-14(17)7-8-20-12-6-5-10(2)11(3)9-12/h5-6,9,13H,4,7-8H2,1-3H3,(H,16,17)(H,18,19). The summed E-state index contributed by atoms with van der Waals surface area (Å²) in [6.45, 7) is 5.86. The number of thioether (sulfide) groups is 1. The molecule has 1 unspecified atom stereocenters. The van der Waals surface area contributed by atoms with Gasteiger partial charge < -0.3 is 10.4 Å². The lowest BCUT2D eigenvalue weighted by Crippen LogP contribution is -2.40. The fourth-order valence-corrected chi connectivity index (χ4v) is 2.62. The summed E-state index contributed by atoms with van der Waals surface area (Å²) >= 11 is 1.61. The van der Waals surface area contributed by atoms with E-state index >= 15 is 0 Å². The number of carboxylic acid groups (broad SMARTS) is 1. The normalized spacial score (nSPS) is 11.9. The van der Waals surface area contributed by atoms with Gasteiger partial charge in [0.25, 0.3) is 0 Å². The molecule has 0 aromatic heterocycles. The van der Waals surface area contributed by atoms with Crippen LogP contribution < -0.4 is 5.32 Å². The maximum absolute atomic E-state index is 11.6. The summed E-state index contributed by atoms with van der Waals surface area (Å²) in [4.78, 5) is 23.6. The molecule has 1 aromatic rings. The van der Waals surface area contributed by atoms with E-state index in [9.17, 15) is 9.59 Å². The minimum absolute atomic E-state index is 0.212. The Bertz CT molecular complexity index is 488. The van der Waals surface area contributed by atoms with Crippen LogP contribution in [0.4, 0.5) is 0 Å². The average molecular weight is 295 g/mol. The first-order chi connectivity index (χ1) is 9.43. The van der Waals surface area contributed by atoms with E-state index in [-0.39, 0.29) is 5.91 Å². The van der Waals surface area contributed by atoms with Gasteiger partial charge in [0.15, 0.2) is 0 Å². The number of aryl methyl sites for hydroxylation is 2. The first kappa shape index (κ1) is 16.6. The molecule has 0 spiro atoms. The number of nitrogens with one attached hydrogen (secondary N) is 1. The van der Waals surface area contributed by atoms with E-state index in [0.717, 1.165) is 4.90 Å². The Labute approximate surface area is 124 Å². The zero-order chi connectivity index (χ0) is 15.1. The molecule has 0 heterocycles. The van der Waals surface area contributed by atoms with Crippen LogP contribution >= 0.6 is 11.8 Å². The predicted octanol–water partition coefficient (Wildman–Crippen LogP) is 2.77. The summed E-state index contributed by atoms with van der Waals surface area (Å²) in [6.07, 6.45) is 0.715. The fourth-order valence-electron chi connectivity index (χ4n) is 1.67. The quantitative estimate of drug-likeness (QED) is 0.759. The summed E-state index contributed by atoms with van der Waals surface area (Å²) in [5.74, 6) is -0.553. The van der Waals surface area contributed by atoms with Gasteiger partial charge in [0.1, 0.15) is 6.04 Å². The molecule has 110 valence electrons. The fraction of sp³-hybridized carbons (Fsp3) is 0.467. The number of amides is 1. The van der Waals surface area contributed by atoms with Gasteiger partial charge in [0.2, 0.25) is 5.91 Å². The van der Waals surface area contributed by atoms with E-state index in [1.807, 2.05) is 6.07 Å². The SMILES string of the molecule is CCC(NC(=O)CCSc1ccc(C)c(C)c1)C(=O)O. The van der Waals surface area contributed by atoms with Crippen LogP contribution in [-0.4, -0.2) is 28.8 Å². The van der Waals surface area contributed by atoms with E-state index in [2.05, 4.69) is 31.3 Å². The highest BCUT2D eigenvalue weighted by atomic mass is 32.2. The number of carbonyl (C=O) groups excluding carboxylic acids is 1. The molecule has 5 heteroatoms. The molecular formula is C15H21NO3S. The van der Waals surface area contributed by atoms with Crippen LogP contribution in [0.15, 0.2) is 23.1 Å². The molecule has 2 N–H and O–H groups in total. The van der Waals surface area contributed by atoms with Crippen molar-refractivity contribution in [1.29, 1.82) is 0 Å². The van der Waals surface area contributed by atoms with Gasteiger partial charge in [-0.25, -0.2) is 4.79 Å². The number of aliphatic carboxylic acids is 1. The van der Waals surface area contributed by atoms with Gasteiger partial charge in [-0.2, -0.15) is 0 Å². The largest absolute Gasteiger partial charge is 0.480 e. The van der Waals surface area contributed by atoms with Gasteiger partial charge in [0.05, 0.1) is 0 Å². The van der Waals surface area contributed by atoms with Gasteiger partial charge in [0, 0.05) is 17.1 Å². The summed E-state index contributed by atoms with van der Waals surface area (Å²) in [7, 11) is 0. The zero-order valence-corrected chi connectivity index (χ0v) is 12.9. The zero-order valence-electron chi connectivity index (χ0n) is 12.1. The maximum Gasteiger partial charge on any atom is 0.326 e. The van der Waals surface area contributed by atoms with Gasteiger partial charge in [-0.3, -0.25) is 4.79 Å². The van der Waals surface area contributed by atoms with Crippen molar-refractivity contribution >= 4 is 23.6 Å². The minimum Gasteiger partial charge on any atom is -0.480 e. The van der Waals surface area contributed by atoms with Crippen LogP contribution in [-0.2, 0) is 9.59 Å². The Morgan fingerprint density at radius 3 is 2.55 bits per heavy atom. The molecule has 0 aliphatic heterocycles. The van der Waals surface area contributed by atoms with E-state index < -0.39 is 12.0 Å². The predicted molar refractivity (Wildman–Crippen MR) is 81.1 cm³/mol. The lowest BCUT2D eigenvalue weighted by atomic mass is 10.1. The van der Waals surface area contributed by atoms with Crippen molar-refractivity contribution in [3.05, 3.63) is 29.3 Å². The third-order valence-electron chi connectivity index (χ3n) is 3.12. The van der Waals surface area contributed by atoms with Crippen LogP contribution in [0.2, 0.25) is 0 Å². The molecule has 0 fully saturated rings. The highest BCUT2D eigenvalue weighted by Gasteiger charge is 2.16. The Hall–Kier alpha value is -1.49. The Morgan fingerprint density at radius 1 is 1.30 bits per heavy atom. The smallest absolute Gasteiger partial charge is 0.326 e. The van der Waals surface area contributed by atoms with Crippen molar-refractivity contribution in [2.45, 2.75) is 44.6 Å². The molecule has 4 nitrogen and oxygen atoms in total. The van der Waals surface area contributed by atoms with Crippen LogP contribution in [0, 0.1) is 13.8 Å². The highest BCUT2D eigenvalue weighted by Crippen LogP contribution is 2.21. The van der Waals surface area contributed by atoms with E-state index in [1.165, 1.54) is 11.1 Å². The molecule has 0 aliphatic carbocycles. The maximum atomic E-state index is 11.6. The van der Waals surface area contributed by atoms with E-state index in [0.29, 0.717) is 18.6 Å². The molecular weight excluding hydrogens is 274 g/mol. The Morgan fingerprint density at radius 2 is 2.00 bits per heavy atom. The Kier molecular flexibility index (Phi) is 6.58. The van der Waals surface area contributed by atoms with Crippen molar-refractivity contribution in [3.63, 3.8) is 0 Å². The van der Waals surface area contributed by atoms with Gasteiger partial charge in [-0.15, -0.1) is 11.8 Å². The summed E-state index contributed by atoms with van der Waals surface area (Å²) in [5, 5.41) is 11.4. The second kappa shape index (κ2) is 7.94. The molecule has 0 bridgehead atoms. The van der Waals surface area contributed by atoms with Crippen molar-refractivity contribution < 1.29 is 14.7 Å². The topological polar surface area (TPSA) is 66.4 Å². The molecule has 1 amide bonds. The summed E-state index contributed by atoms with van der Waals surface area (Å²) < 4.78 is 0. The number of hydrogen-bond donors (Lipinski definition) is 2.